The summed E-state index contributed by atoms with van der Waals surface area (Å²) in [6.45, 7) is 23.5. The molecule has 7 fully saturated rings. The number of unbranched alkanes of at least 4 members (excludes halogenated alkanes) is 13. The molecule has 1 aromatic carbocycles. The van der Waals surface area contributed by atoms with Gasteiger partial charge in [-0.1, -0.05) is 148 Å². The highest BCUT2D eigenvalue weighted by Crippen LogP contribution is 2.17. The SMILES string of the molecule is CC(C)CCOC(=O)CN1CCCC1=O.CCCCCCCCCCN1CCCC1=O.CCCCCCCCN1CCCC1=O.CCCCN1CCCC1=O.CCOC(=O)CN1CCCC1=O.COC(=O)CN1CCCC1=O.O=C1CCCN1Cc1ccccc1. The van der Waals surface area contributed by atoms with Crippen LogP contribution >= 0.6 is 0 Å². The average molecular weight is 1280 g/mol. The molecule has 7 heterocycles. The zero-order chi connectivity index (χ0) is 66.9. The molecule has 1 aromatic rings. The van der Waals surface area contributed by atoms with E-state index in [9.17, 15) is 47.9 Å². The highest BCUT2D eigenvalue weighted by atomic mass is 16.5. The first kappa shape index (κ1) is 81.0. The second-order valence-electron chi connectivity index (χ2n) is 25.0. The van der Waals surface area contributed by atoms with Gasteiger partial charge in [0.25, 0.3) is 0 Å². The predicted molar refractivity (Wildman–Crippen MR) is 356 cm³/mol. The summed E-state index contributed by atoms with van der Waals surface area (Å²) in [5.41, 5.74) is 1.22. The maximum Gasteiger partial charge on any atom is 0.325 e. The molecular formula is C71H121N7O13. The first-order valence-electron chi connectivity index (χ1n) is 35.3. The molecule has 7 aliphatic heterocycles. The molecule has 0 radical (unpaired) electrons. The highest BCUT2D eigenvalue weighted by molar-refractivity contribution is 5.85. The van der Waals surface area contributed by atoms with Crippen molar-refractivity contribution in [1.29, 1.82) is 0 Å². The Morgan fingerprint density at radius 3 is 1.01 bits per heavy atom. The minimum atomic E-state index is -0.347. The van der Waals surface area contributed by atoms with Crippen molar-refractivity contribution in [1.82, 2.24) is 34.3 Å². The molecule has 0 aliphatic carbocycles. The van der Waals surface area contributed by atoms with Gasteiger partial charge in [0, 0.05) is 117 Å². The largest absolute Gasteiger partial charge is 0.468 e. The van der Waals surface area contributed by atoms with Gasteiger partial charge in [0.05, 0.1) is 20.3 Å². The first-order chi connectivity index (χ1) is 44.0. The van der Waals surface area contributed by atoms with Gasteiger partial charge in [0.15, 0.2) is 0 Å². The molecule has 20 nitrogen and oxygen atoms in total. The van der Waals surface area contributed by atoms with Crippen molar-refractivity contribution < 1.29 is 62.2 Å². The number of ether oxygens (including phenoxy) is 3. The third-order valence-corrected chi connectivity index (χ3v) is 16.7. The van der Waals surface area contributed by atoms with E-state index < -0.39 is 0 Å². The summed E-state index contributed by atoms with van der Waals surface area (Å²) < 4.78 is 14.2. The highest BCUT2D eigenvalue weighted by Gasteiger charge is 2.26. The molecule has 0 unspecified atom stereocenters. The Labute approximate surface area is 547 Å². The van der Waals surface area contributed by atoms with Crippen molar-refractivity contribution >= 4 is 59.3 Å². The van der Waals surface area contributed by atoms with Crippen LogP contribution < -0.4 is 0 Å². The first-order valence-corrected chi connectivity index (χ1v) is 35.3. The lowest BCUT2D eigenvalue weighted by molar-refractivity contribution is -0.148. The maximum absolute atomic E-state index is 11.3. The molecule has 8 rings (SSSR count). The lowest BCUT2D eigenvalue weighted by Crippen LogP contribution is -2.32. The van der Waals surface area contributed by atoms with E-state index in [0.717, 1.165) is 136 Å². The normalized spacial score (nSPS) is 16.7. The Morgan fingerprint density at radius 2 is 0.692 bits per heavy atom. The number of methoxy groups -OCH3 is 1. The number of esters is 3. The quantitative estimate of drug-likeness (QED) is 0.0384. The van der Waals surface area contributed by atoms with Gasteiger partial charge in [-0.2, -0.15) is 0 Å². The van der Waals surface area contributed by atoms with Gasteiger partial charge < -0.3 is 48.5 Å². The number of carbonyl (C=O) groups excluding carboxylic acids is 10. The molecule has 7 amide bonds. The van der Waals surface area contributed by atoms with Crippen LogP contribution in [-0.4, -0.2) is 199 Å². The number of rotatable bonds is 31. The summed E-state index contributed by atoms with van der Waals surface area (Å²) in [6.07, 6.45) is 33.5. The van der Waals surface area contributed by atoms with E-state index in [2.05, 4.69) is 51.5 Å². The monoisotopic (exact) mass is 1280 g/mol. The van der Waals surface area contributed by atoms with Crippen LogP contribution in [-0.2, 0) is 68.7 Å². The zero-order valence-electron chi connectivity index (χ0n) is 57.6. The van der Waals surface area contributed by atoms with Crippen molar-refractivity contribution in [2.24, 2.45) is 5.92 Å². The van der Waals surface area contributed by atoms with E-state index in [1.54, 1.807) is 11.8 Å². The Morgan fingerprint density at radius 1 is 0.385 bits per heavy atom. The van der Waals surface area contributed by atoms with Crippen LogP contribution in [0.3, 0.4) is 0 Å². The minimum Gasteiger partial charge on any atom is -0.468 e. The van der Waals surface area contributed by atoms with Crippen molar-refractivity contribution in [2.75, 3.05) is 105 Å². The number of amides is 7. The van der Waals surface area contributed by atoms with Crippen LogP contribution in [0.5, 0.6) is 0 Å². The van der Waals surface area contributed by atoms with Crippen LogP contribution in [0, 0.1) is 5.92 Å². The number of hydrogen-bond donors (Lipinski definition) is 0. The van der Waals surface area contributed by atoms with Crippen molar-refractivity contribution in [3.8, 4) is 0 Å². The van der Waals surface area contributed by atoms with Gasteiger partial charge in [-0.3, -0.25) is 47.9 Å². The van der Waals surface area contributed by atoms with Gasteiger partial charge in [-0.15, -0.1) is 0 Å². The summed E-state index contributed by atoms with van der Waals surface area (Å²) in [7, 11) is 1.32. The summed E-state index contributed by atoms with van der Waals surface area (Å²) >= 11 is 0. The average Bonchev–Trinajstić information content (AvgIpc) is 4.68. The summed E-state index contributed by atoms with van der Waals surface area (Å²) in [6, 6.07) is 10.1. The van der Waals surface area contributed by atoms with E-state index in [-0.39, 0.29) is 55.3 Å². The molecule has 518 valence electrons. The fourth-order valence-corrected chi connectivity index (χ4v) is 11.2. The smallest absolute Gasteiger partial charge is 0.325 e. The molecule has 7 aliphatic rings. The number of benzene rings is 1. The molecule has 0 atom stereocenters. The molecule has 0 N–H and O–H groups in total. The van der Waals surface area contributed by atoms with Gasteiger partial charge >= 0.3 is 17.9 Å². The molecule has 20 heteroatoms. The van der Waals surface area contributed by atoms with Crippen LogP contribution in [0.2, 0.25) is 0 Å². The number of carbonyl (C=O) groups is 10. The molecular weight excluding hydrogens is 1160 g/mol. The lowest BCUT2D eigenvalue weighted by atomic mass is 10.1. The van der Waals surface area contributed by atoms with Crippen molar-refractivity contribution in [3.63, 3.8) is 0 Å². The third kappa shape index (κ3) is 38.5. The maximum atomic E-state index is 11.3. The summed E-state index contributed by atoms with van der Waals surface area (Å²) in [4.78, 5) is 124. The molecule has 0 aromatic heterocycles. The summed E-state index contributed by atoms with van der Waals surface area (Å²) in [5.74, 6) is 1.16. The topological polar surface area (TPSA) is 221 Å². The fourth-order valence-electron chi connectivity index (χ4n) is 11.2. The van der Waals surface area contributed by atoms with E-state index in [1.165, 1.54) is 119 Å². The van der Waals surface area contributed by atoms with Crippen molar-refractivity contribution in [3.05, 3.63) is 35.9 Å². The lowest BCUT2D eigenvalue weighted by Gasteiger charge is -2.14. The van der Waals surface area contributed by atoms with E-state index in [0.29, 0.717) is 81.7 Å². The van der Waals surface area contributed by atoms with Crippen LogP contribution in [0.4, 0.5) is 0 Å². The minimum absolute atomic E-state index is 0.0513. The molecule has 0 saturated carbocycles. The molecule has 0 spiro atoms. The Bertz CT molecular complexity index is 2230. The van der Waals surface area contributed by atoms with Crippen molar-refractivity contribution in [2.45, 2.75) is 247 Å². The van der Waals surface area contributed by atoms with E-state index in [1.807, 2.05) is 37.8 Å². The van der Waals surface area contributed by atoms with Gasteiger partial charge in [-0.25, -0.2) is 0 Å². The van der Waals surface area contributed by atoms with E-state index >= 15 is 0 Å². The molecule has 7 saturated heterocycles. The van der Waals surface area contributed by atoms with Crippen LogP contribution in [0.15, 0.2) is 30.3 Å². The van der Waals surface area contributed by atoms with Gasteiger partial charge in [0.1, 0.15) is 19.6 Å². The van der Waals surface area contributed by atoms with Gasteiger partial charge in [0.2, 0.25) is 41.4 Å². The number of hydrogen-bond acceptors (Lipinski definition) is 13. The Balaban J connectivity index is 0.000000363. The van der Waals surface area contributed by atoms with Crippen LogP contribution in [0.1, 0.15) is 246 Å². The number of nitrogens with zero attached hydrogens (tertiary/aromatic N) is 7. The molecule has 0 bridgehead atoms. The molecule has 91 heavy (non-hydrogen) atoms. The predicted octanol–water partition coefficient (Wildman–Crippen LogP) is 11.1. The van der Waals surface area contributed by atoms with Gasteiger partial charge in [-0.05, 0) is 89.0 Å². The standard InChI is InChI=1S/C14H27NO.C12H23NO.C11H19NO3.C11H13NO.C8H13NO3.C8H15NO.C7H11NO3/c1-2-3-4-5-6-7-8-9-12-15-13-10-11-14(15)16;1-2-3-4-5-6-7-10-13-11-8-9-12(13)14;1-9(2)5-7-15-11(14)8-12-6-3-4-10(12)13;13-11-7-4-8-12(11)9-10-5-2-1-3-6-10;1-2-12-8(11)6-9-5-3-4-7(9)10;1-2-3-6-9-7-4-5-8(9)10;1-11-7(10)5-8-4-2-3-6(8)9/h2-13H2,1H3;2-11H2,1H3;9H,3-8H2,1-2H3;1-3,5-6H,4,7-9H2;2-6H2,1H3;2-7H2,1H3;2-5H2,1H3. The Kier molecular flexibility index (Phi) is 45.8. The zero-order valence-corrected chi connectivity index (χ0v) is 57.6. The fraction of sp³-hybridized carbons (Fsp3) is 0.775. The van der Waals surface area contributed by atoms with Crippen LogP contribution in [0.25, 0.3) is 0 Å². The number of likely N-dealkylation sites (tertiary alicyclic amines) is 7. The Hall–Kier alpha value is -6.08. The van der Waals surface area contributed by atoms with E-state index in [4.69, 9.17) is 9.47 Å². The third-order valence-electron chi connectivity index (χ3n) is 16.7. The summed E-state index contributed by atoms with van der Waals surface area (Å²) in [5, 5.41) is 0. The second kappa shape index (κ2) is 51.4. The second-order valence-corrected chi connectivity index (χ2v) is 25.0.